The van der Waals surface area contributed by atoms with Crippen molar-refractivity contribution in [3.63, 3.8) is 0 Å². The Balaban J connectivity index is 2.24. The number of benzene rings is 1. The Kier molecular flexibility index (Phi) is 3.45. The van der Waals surface area contributed by atoms with Crippen LogP contribution in [0.3, 0.4) is 0 Å². The predicted octanol–water partition coefficient (Wildman–Crippen LogP) is 3.03. The lowest BCUT2D eigenvalue weighted by atomic mass is 10.2. The summed E-state index contributed by atoms with van der Waals surface area (Å²) in [7, 11) is 1.57. The van der Waals surface area contributed by atoms with Gasteiger partial charge < -0.3 is 4.57 Å². The molecule has 3 aromatic rings. The van der Waals surface area contributed by atoms with Crippen LogP contribution in [-0.4, -0.2) is 24.3 Å². The van der Waals surface area contributed by atoms with Crippen molar-refractivity contribution in [2.24, 2.45) is 7.05 Å². The van der Waals surface area contributed by atoms with Crippen LogP contribution in [0.5, 0.6) is 0 Å². The van der Waals surface area contributed by atoms with E-state index in [4.69, 9.17) is 0 Å². The van der Waals surface area contributed by atoms with E-state index in [-0.39, 0.29) is 10.5 Å². The predicted molar refractivity (Wildman–Crippen MR) is 84.0 cm³/mol. The number of hydrogen-bond donors (Lipinski definition) is 0. The second-order valence-corrected chi connectivity index (χ2v) is 5.66. The van der Waals surface area contributed by atoms with Gasteiger partial charge in [0.2, 0.25) is 0 Å². The van der Waals surface area contributed by atoms with Crippen molar-refractivity contribution in [3.05, 3.63) is 53.9 Å². The number of rotatable bonds is 4. The zero-order valence-corrected chi connectivity index (χ0v) is 12.7. The summed E-state index contributed by atoms with van der Waals surface area (Å²) in [5.74, 6) is 0.323. The second kappa shape index (κ2) is 5.34. The first kappa shape index (κ1) is 15.5. The molecule has 0 saturated heterocycles. The maximum Gasteiger partial charge on any atom is 0.348 e. The molecule has 2 aromatic heterocycles. The summed E-state index contributed by atoms with van der Waals surface area (Å²) in [6, 6.07) is 3.43. The lowest BCUT2D eigenvalue weighted by Crippen LogP contribution is -1.97. The molecular weight excluding hydrogens is 342 g/mol. The minimum Gasteiger partial charge on any atom is -0.327 e. The van der Waals surface area contributed by atoms with E-state index in [1.165, 1.54) is 16.0 Å². The highest BCUT2D eigenvalue weighted by molar-refractivity contribution is 7.13. The van der Waals surface area contributed by atoms with E-state index in [0.29, 0.717) is 16.9 Å². The maximum absolute atomic E-state index is 11.0. The van der Waals surface area contributed by atoms with Crippen molar-refractivity contribution in [2.75, 3.05) is 0 Å². The van der Waals surface area contributed by atoms with Gasteiger partial charge in [-0.1, -0.05) is 11.3 Å². The molecule has 0 N–H and O–H groups in total. The number of hydrogen-bond acceptors (Lipinski definition) is 8. The minimum atomic E-state index is -0.846. The van der Waals surface area contributed by atoms with Gasteiger partial charge in [-0.3, -0.25) is 30.3 Å². The number of nitro benzene ring substituents is 2. The van der Waals surface area contributed by atoms with Crippen LogP contribution in [0.2, 0.25) is 0 Å². The zero-order chi connectivity index (χ0) is 17.6. The number of nitrogens with zero attached hydrogens (tertiary/aromatic N) is 5. The summed E-state index contributed by atoms with van der Waals surface area (Å²) in [5, 5.41) is 34.3. The van der Waals surface area contributed by atoms with Crippen LogP contribution < -0.4 is 0 Å². The molecule has 2 heterocycles. The number of aromatic nitrogens is 2. The van der Waals surface area contributed by atoms with E-state index in [9.17, 15) is 30.3 Å². The molecule has 0 atom stereocenters. The highest BCUT2D eigenvalue weighted by Crippen LogP contribution is 2.35. The second-order valence-electron chi connectivity index (χ2n) is 4.77. The molecule has 1 aromatic carbocycles. The van der Waals surface area contributed by atoms with E-state index in [1.807, 2.05) is 0 Å². The lowest BCUT2D eigenvalue weighted by molar-refractivity contribution is -0.422. The van der Waals surface area contributed by atoms with Gasteiger partial charge in [-0.2, -0.15) is 0 Å². The summed E-state index contributed by atoms with van der Waals surface area (Å²) >= 11 is 0.918. The van der Waals surface area contributed by atoms with Gasteiger partial charge in [0.05, 0.1) is 31.9 Å². The molecule has 0 radical (unpaired) electrons. The van der Waals surface area contributed by atoms with Crippen molar-refractivity contribution >= 4 is 38.7 Å². The molecule has 24 heavy (non-hydrogen) atoms. The molecule has 0 aliphatic carbocycles. The Bertz CT molecular complexity index is 1020. The Morgan fingerprint density at radius 2 is 1.62 bits per heavy atom. The summed E-state index contributed by atoms with van der Waals surface area (Å²) in [6.45, 7) is 0. The summed E-state index contributed by atoms with van der Waals surface area (Å²) < 4.78 is 1.50. The average Bonchev–Trinajstić information content (AvgIpc) is 3.11. The van der Waals surface area contributed by atoms with Crippen LogP contribution >= 0.6 is 11.3 Å². The van der Waals surface area contributed by atoms with Crippen LogP contribution in [0.25, 0.3) is 22.4 Å². The van der Waals surface area contributed by atoms with Gasteiger partial charge in [0.1, 0.15) is 5.82 Å². The average molecular weight is 349 g/mol. The molecule has 12 heteroatoms. The Hall–Kier alpha value is -3.41. The summed E-state index contributed by atoms with van der Waals surface area (Å²) in [5.41, 5.74) is -0.336. The highest BCUT2D eigenvalue weighted by atomic mass is 32.1. The largest absolute Gasteiger partial charge is 0.348 e. The Morgan fingerprint density at radius 3 is 2.17 bits per heavy atom. The van der Waals surface area contributed by atoms with Crippen LogP contribution in [-0.2, 0) is 7.05 Å². The van der Waals surface area contributed by atoms with Gasteiger partial charge in [0.25, 0.3) is 0 Å². The van der Waals surface area contributed by atoms with Gasteiger partial charge in [-0.15, -0.1) is 0 Å². The third-order valence-electron chi connectivity index (χ3n) is 3.39. The maximum atomic E-state index is 11.0. The van der Waals surface area contributed by atoms with Crippen molar-refractivity contribution in [1.29, 1.82) is 0 Å². The number of thiophene rings is 1. The zero-order valence-electron chi connectivity index (χ0n) is 11.9. The van der Waals surface area contributed by atoms with Crippen molar-refractivity contribution in [1.82, 2.24) is 9.55 Å². The Labute approximate surface area is 136 Å². The normalized spacial score (nSPS) is 10.9. The molecule has 0 aliphatic heterocycles. The quantitative estimate of drug-likeness (QED) is 0.519. The van der Waals surface area contributed by atoms with E-state index in [2.05, 4.69) is 4.98 Å². The molecule has 122 valence electrons. The van der Waals surface area contributed by atoms with Gasteiger partial charge >= 0.3 is 16.4 Å². The van der Waals surface area contributed by atoms with Gasteiger partial charge in [0, 0.05) is 30.1 Å². The minimum absolute atomic E-state index is 0.0750. The standard InChI is InChI=1S/C12H7N5O6S/c1-14-8-4-10(16(20)21)9(15(18)19)3-7(8)13-12(14)6-2-11(17(22)23)24-5-6/h2-5H,1H3. The molecule has 0 aliphatic rings. The molecule has 0 amide bonds. The number of nitro groups is 3. The van der Waals surface area contributed by atoms with Crippen LogP contribution in [0.1, 0.15) is 0 Å². The van der Waals surface area contributed by atoms with Gasteiger partial charge in [-0.05, 0) is 0 Å². The summed E-state index contributed by atoms with van der Waals surface area (Å²) in [6.07, 6.45) is 0. The molecule has 11 nitrogen and oxygen atoms in total. The monoisotopic (exact) mass is 349 g/mol. The highest BCUT2D eigenvalue weighted by Gasteiger charge is 2.27. The smallest absolute Gasteiger partial charge is 0.327 e. The fourth-order valence-corrected chi connectivity index (χ4v) is 3.01. The molecule has 0 fully saturated rings. The first-order valence-corrected chi connectivity index (χ1v) is 7.20. The third-order valence-corrected chi connectivity index (χ3v) is 4.27. The molecule has 0 unspecified atom stereocenters. The van der Waals surface area contributed by atoms with E-state index in [0.717, 1.165) is 23.5 Å². The fraction of sp³-hybridized carbons (Fsp3) is 0.0833. The molecule has 3 rings (SSSR count). The third kappa shape index (κ3) is 2.34. The summed E-state index contributed by atoms with van der Waals surface area (Å²) in [4.78, 5) is 34.8. The van der Waals surface area contributed by atoms with E-state index in [1.54, 1.807) is 7.05 Å². The van der Waals surface area contributed by atoms with E-state index < -0.39 is 26.1 Å². The van der Waals surface area contributed by atoms with Crippen molar-refractivity contribution < 1.29 is 14.8 Å². The van der Waals surface area contributed by atoms with Crippen LogP contribution in [0.4, 0.5) is 16.4 Å². The molecule has 0 spiro atoms. The van der Waals surface area contributed by atoms with Crippen molar-refractivity contribution in [2.45, 2.75) is 0 Å². The first-order chi connectivity index (χ1) is 11.3. The topological polar surface area (TPSA) is 147 Å². The number of fused-ring (bicyclic) bond motifs is 1. The van der Waals surface area contributed by atoms with Gasteiger partial charge in [0.15, 0.2) is 0 Å². The fourth-order valence-electron chi connectivity index (χ4n) is 2.30. The molecule has 0 saturated carbocycles. The molecular formula is C12H7N5O6S. The van der Waals surface area contributed by atoms with Crippen LogP contribution in [0, 0.1) is 30.3 Å². The Morgan fingerprint density at radius 1 is 1.00 bits per heavy atom. The van der Waals surface area contributed by atoms with Crippen LogP contribution in [0.15, 0.2) is 23.6 Å². The lowest BCUT2D eigenvalue weighted by Gasteiger charge is -1.99. The molecule has 0 bridgehead atoms. The van der Waals surface area contributed by atoms with E-state index >= 15 is 0 Å². The van der Waals surface area contributed by atoms with Crippen molar-refractivity contribution in [3.8, 4) is 11.4 Å². The first-order valence-electron chi connectivity index (χ1n) is 6.32. The SMILES string of the molecule is Cn1c(-c2csc([N+](=O)[O-])c2)nc2cc([N+](=O)[O-])c([N+](=O)[O-])cc21. The number of imidazole rings is 1. The van der Waals surface area contributed by atoms with Gasteiger partial charge in [-0.25, -0.2) is 4.98 Å². The number of aryl methyl sites for hydroxylation is 1.